The summed E-state index contributed by atoms with van der Waals surface area (Å²) >= 11 is 1.41. The van der Waals surface area contributed by atoms with E-state index in [1.54, 1.807) is 21.9 Å². The van der Waals surface area contributed by atoms with Gasteiger partial charge in [-0.3, -0.25) is 19.2 Å². The first kappa shape index (κ1) is 29.7. The summed E-state index contributed by atoms with van der Waals surface area (Å²) in [6.45, 7) is 10.7. The Balaban J connectivity index is 1.30. The normalized spacial score (nSPS) is 19.2. The van der Waals surface area contributed by atoms with E-state index in [2.05, 4.69) is 26.1 Å². The zero-order chi connectivity index (χ0) is 30.2. The van der Waals surface area contributed by atoms with Gasteiger partial charge in [-0.05, 0) is 59.6 Å². The van der Waals surface area contributed by atoms with E-state index in [0.717, 1.165) is 16.0 Å². The third-order valence-corrected chi connectivity index (χ3v) is 9.29. The molecule has 2 fully saturated rings. The predicted molar refractivity (Wildman–Crippen MR) is 166 cm³/mol. The van der Waals surface area contributed by atoms with Gasteiger partial charge >= 0.3 is 0 Å². The lowest BCUT2D eigenvalue weighted by Gasteiger charge is -2.29. The number of carbonyl (C=O) groups is 4. The molecule has 0 saturated carbocycles. The predicted octanol–water partition coefficient (Wildman–Crippen LogP) is 5.55. The molecule has 0 aliphatic carbocycles. The zero-order valence-corrected chi connectivity index (χ0v) is 25.7. The van der Waals surface area contributed by atoms with Crippen molar-refractivity contribution in [2.45, 2.75) is 71.0 Å². The number of benzene rings is 2. The molecule has 2 aliphatic rings. The van der Waals surface area contributed by atoms with Crippen LogP contribution in [0.2, 0.25) is 0 Å². The molecule has 8 heteroatoms. The summed E-state index contributed by atoms with van der Waals surface area (Å²) in [5.41, 5.74) is 2.62. The minimum Gasteiger partial charge on any atom is -0.340 e. The highest BCUT2D eigenvalue weighted by Gasteiger charge is 2.52. The fraction of sp³-hybridized carbons (Fsp3) is 0.412. The van der Waals surface area contributed by atoms with E-state index in [9.17, 15) is 19.2 Å². The highest BCUT2D eigenvalue weighted by Crippen LogP contribution is 2.34. The van der Waals surface area contributed by atoms with Crippen LogP contribution in [-0.4, -0.2) is 64.5 Å². The molecule has 0 radical (unpaired) electrons. The lowest BCUT2D eigenvalue weighted by Crippen LogP contribution is -2.53. The third-order valence-electron chi connectivity index (χ3n) is 8.17. The van der Waals surface area contributed by atoms with E-state index in [4.69, 9.17) is 0 Å². The van der Waals surface area contributed by atoms with Crippen LogP contribution in [0.15, 0.2) is 66.7 Å². The van der Waals surface area contributed by atoms with Crippen molar-refractivity contribution < 1.29 is 19.2 Å². The van der Waals surface area contributed by atoms with E-state index in [1.807, 2.05) is 68.4 Å². The van der Waals surface area contributed by atoms with Gasteiger partial charge < -0.3 is 15.1 Å². The van der Waals surface area contributed by atoms with Crippen LogP contribution in [0.1, 0.15) is 73.1 Å². The lowest BCUT2D eigenvalue weighted by molar-refractivity contribution is -0.138. The molecule has 3 unspecified atom stereocenters. The van der Waals surface area contributed by atoms with Gasteiger partial charge in [-0.25, -0.2) is 0 Å². The Morgan fingerprint density at radius 2 is 1.64 bits per heavy atom. The standard InChI is InChI=1S/C34H39N3O4S/c1-21(2)19-25(35-31(39)23-11-13-24(14-12-23)34(3,4)5)32(40)36-18-17-26-30(36)27(38)20-37(26)33(41)29-16-15-28(42-29)22-9-7-6-8-10-22/h6-16,21,25-26,30H,17-20H2,1-5H3,(H,35,39). The van der Waals surface area contributed by atoms with Crippen LogP contribution in [-0.2, 0) is 15.0 Å². The van der Waals surface area contributed by atoms with Crippen molar-refractivity contribution in [1.82, 2.24) is 15.1 Å². The largest absolute Gasteiger partial charge is 0.340 e. The number of nitrogens with one attached hydrogen (secondary N) is 1. The Labute approximate surface area is 251 Å². The zero-order valence-electron chi connectivity index (χ0n) is 24.9. The number of likely N-dealkylation sites (tertiary alicyclic amines) is 2. The summed E-state index contributed by atoms with van der Waals surface area (Å²) in [6, 6.07) is 19.3. The number of rotatable bonds is 7. The second-order valence-corrected chi connectivity index (χ2v) is 13.8. The van der Waals surface area contributed by atoms with E-state index in [-0.39, 0.29) is 47.4 Å². The molecule has 3 atom stereocenters. The molecule has 2 saturated heterocycles. The van der Waals surface area contributed by atoms with Gasteiger partial charge in [-0.15, -0.1) is 11.3 Å². The summed E-state index contributed by atoms with van der Waals surface area (Å²) in [5.74, 6) is -0.738. The molecule has 220 valence electrons. The molecule has 42 heavy (non-hydrogen) atoms. The van der Waals surface area contributed by atoms with Gasteiger partial charge in [-0.1, -0.05) is 77.1 Å². The van der Waals surface area contributed by atoms with Crippen LogP contribution < -0.4 is 5.32 Å². The van der Waals surface area contributed by atoms with Crippen molar-refractivity contribution in [2.24, 2.45) is 5.92 Å². The maximum Gasteiger partial charge on any atom is 0.264 e. The number of thiophene rings is 1. The highest BCUT2D eigenvalue weighted by atomic mass is 32.1. The van der Waals surface area contributed by atoms with Crippen molar-refractivity contribution in [1.29, 1.82) is 0 Å². The number of hydrogen-bond acceptors (Lipinski definition) is 5. The maximum atomic E-state index is 13.9. The quantitative estimate of drug-likeness (QED) is 0.394. The summed E-state index contributed by atoms with van der Waals surface area (Å²) in [4.78, 5) is 58.7. The fourth-order valence-electron chi connectivity index (χ4n) is 5.95. The molecule has 3 aromatic rings. The molecule has 5 rings (SSSR count). The van der Waals surface area contributed by atoms with Crippen LogP contribution in [0.5, 0.6) is 0 Å². The van der Waals surface area contributed by atoms with Gasteiger partial charge in [0.1, 0.15) is 12.1 Å². The molecule has 3 amide bonds. The Hall–Kier alpha value is -3.78. The van der Waals surface area contributed by atoms with Gasteiger partial charge in [0.2, 0.25) is 5.91 Å². The molecule has 2 aromatic carbocycles. The minimum atomic E-state index is -0.762. The van der Waals surface area contributed by atoms with Crippen LogP contribution in [0.4, 0.5) is 0 Å². The Morgan fingerprint density at radius 1 is 0.952 bits per heavy atom. The van der Waals surface area contributed by atoms with Crippen molar-refractivity contribution >= 4 is 34.8 Å². The smallest absolute Gasteiger partial charge is 0.264 e. The molecule has 3 heterocycles. The Morgan fingerprint density at radius 3 is 2.29 bits per heavy atom. The molecular weight excluding hydrogens is 546 g/mol. The van der Waals surface area contributed by atoms with Crippen molar-refractivity contribution in [3.63, 3.8) is 0 Å². The average molecular weight is 586 g/mol. The number of Topliss-reactive ketones (excluding diaryl/α,β-unsaturated/α-hetero) is 1. The van der Waals surface area contributed by atoms with Crippen molar-refractivity contribution in [2.75, 3.05) is 13.1 Å². The molecule has 2 aliphatic heterocycles. The van der Waals surface area contributed by atoms with Gasteiger partial charge in [-0.2, -0.15) is 0 Å². The topological polar surface area (TPSA) is 86.8 Å². The molecule has 0 spiro atoms. The number of ketones is 1. The van der Waals surface area contributed by atoms with Crippen LogP contribution in [0.3, 0.4) is 0 Å². The SMILES string of the molecule is CC(C)CC(NC(=O)c1ccc(C(C)(C)C)cc1)C(=O)N1CCC2C1C(=O)CN2C(=O)c1ccc(-c2ccccc2)s1. The Bertz CT molecular complexity index is 1470. The second kappa shape index (κ2) is 11.8. The maximum absolute atomic E-state index is 13.9. The van der Waals surface area contributed by atoms with E-state index >= 15 is 0 Å². The molecular formula is C34H39N3O4S. The van der Waals surface area contributed by atoms with Gasteiger partial charge in [0.05, 0.1) is 17.5 Å². The number of hydrogen-bond donors (Lipinski definition) is 1. The average Bonchev–Trinajstić information content (AvgIpc) is 3.69. The summed E-state index contributed by atoms with van der Waals surface area (Å²) in [5, 5.41) is 2.95. The molecule has 1 aromatic heterocycles. The minimum absolute atomic E-state index is 0.0160. The molecule has 0 bridgehead atoms. The first-order valence-electron chi connectivity index (χ1n) is 14.6. The number of fused-ring (bicyclic) bond motifs is 1. The fourth-order valence-corrected chi connectivity index (χ4v) is 6.91. The summed E-state index contributed by atoms with van der Waals surface area (Å²) in [6.07, 6.45) is 0.980. The van der Waals surface area contributed by atoms with E-state index in [0.29, 0.717) is 29.8 Å². The number of nitrogens with zero attached hydrogens (tertiary/aromatic N) is 2. The van der Waals surface area contributed by atoms with E-state index < -0.39 is 12.1 Å². The lowest BCUT2D eigenvalue weighted by atomic mass is 9.86. The van der Waals surface area contributed by atoms with Crippen molar-refractivity contribution in [3.05, 3.63) is 82.7 Å². The van der Waals surface area contributed by atoms with Crippen LogP contribution >= 0.6 is 11.3 Å². The number of amides is 3. The molecule has 1 N–H and O–H groups in total. The van der Waals surface area contributed by atoms with Gasteiger partial charge in [0.25, 0.3) is 11.8 Å². The monoisotopic (exact) mass is 585 g/mol. The van der Waals surface area contributed by atoms with E-state index in [1.165, 1.54) is 11.3 Å². The Kier molecular flexibility index (Phi) is 8.37. The first-order valence-corrected chi connectivity index (χ1v) is 15.5. The second-order valence-electron chi connectivity index (χ2n) is 12.7. The third kappa shape index (κ3) is 6.04. The van der Waals surface area contributed by atoms with Gasteiger partial charge in [0.15, 0.2) is 5.78 Å². The first-order chi connectivity index (χ1) is 19.9. The summed E-state index contributed by atoms with van der Waals surface area (Å²) < 4.78 is 0. The van der Waals surface area contributed by atoms with Crippen LogP contribution in [0.25, 0.3) is 10.4 Å². The van der Waals surface area contributed by atoms with Crippen molar-refractivity contribution in [3.8, 4) is 10.4 Å². The highest BCUT2D eigenvalue weighted by molar-refractivity contribution is 7.17. The number of carbonyl (C=O) groups excluding carboxylic acids is 4. The van der Waals surface area contributed by atoms with Crippen LogP contribution in [0, 0.1) is 5.92 Å². The van der Waals surface area contributed by atoms with Gasteiger partial charge in [0, 0.05) is 17.0 Å². The summed E-state index contributed by atoms with van der Waals surface area (Å²) in [7, 11) is 0. The molecule has 7 nitrogen and oxygen atoms in total.